The highest BCUT2D eigenvalue weighted by Crippen LogP contribution is 2.23. The molecule has 2 aromatic carbocycles. The molecule has 0 aliphatic heterocycles. The monoisotopic (exact) mass is 315 g/mol. The second kappa shape index (κ2) is 6.37. The summed E-state index contributed by atoms with van der Waals surface area (Å²) in [5.74, 6) is 0.831. The van der Waals surface area contributed by atoms with Crippen molar-refractivity contribution in [2.24, 2.45) is 0 Å². The van der Waals surface area contributed by atoms with Crippen molar-refractivity contribution >= 4 is 34.3 Å². The first kappa shape index (κ1) is 14.2. The molecule has 0 saturated heterocycles. The standard InChI is InChI=1S/C17H14ClNOS/c1-21-15-8-6-14(7-9-15)20-11-13-10-12-4-2-3-5-16(12)19-17(13)18/h2-10H,11H2,1H3. The molecule has 0 N–H and O–H groups in total. The van der Waals surface area contributed by atoms with Gasteiger partial charge in [-0.25, -0.2) is 4.98 Å². The van der Waals surface area contributed by atoms with Gasteiger partial charge in [-0.3, -0.25) is 0 Å². The van der Waals surface area contributed by atoms with Crippen LogP contribution < -0.4 is 4.74 Å². The van der Waals surface area contributed by atoms with E-state index >= 15 is 0 Å². The number of fused-ring (bicyclic) bond motifs is 1. The van der Waals surface area contributed by atoms with Crippen LogP contribution in [0.3, 0.4) is 0 Å². The van der Waals surface area contributed by atoms with E-state index < -0.39 is 0 Å². The van der Waals surface area contributed by atoms with Gasteiger partial charge in [-0.2, -0.15) is 0 Å². The van der Waals surface area contributed by atoms with Crippen LogP contribution in [-0.2, 0) is 6.61 Å². The molecule has 0 aliphatic rings. The summed E-state index contributed by atoms with van der Waals surface area (Å²) in [6.45, 7) is 0.412. The van der Waals surface area contributed by atoms with E-state index in [1.165, 1.54) is 4.90 Å². The number of ether oxygens (including phenoxy) is 1. The van der Waals surface area contributed by atoms with E-state index in [-0.39, 0.29) is 0 Å². The van der Waals surface area contributed by atoms with Crippen LogP contribution in [0.5, 0.6) is 5.75 Å². The van der Waals surface area contributed by atoms with Crippen molar-refractivity contribution in [3.05, 3.63) is 65.3 Å². The molecule has 0 spiro atoms. The highest BCUT2D eigenvalue weighted by atomic mass is 35.5. The van der Waals surface area contributed by atoms with Gasteiger partial charge < -0.3 is 4.74 Å². The summed E-state index contributed by atoms with van der Waals surface area (Å²) in [4.78, 5) is 5.61. The van der Waals surface area contributed by atoms with Crippen molar-refractivity contribution in [2.45, 2.75) is 11.5 Å². The van der Waals surface area contributed by atoms with Gasteiger partial charge in [0.1, 0.15) is 17.5 Å². The lowest BCUT2D eigenvalue weighted by atomic mass is 10.2. The van der Waals surface area contributed by atoms with Crippen LogP contribution >= 0.6 is 23.4 Å². The summed E-state index contributed by atoms with van der Waals surface area (Å²) in [5, 5.41) is 1.56. The Morgan fingerprint density at radius 3 is 2.62 bits per heavy atom. The van der Waals surface area contributed by atoms with Gasteiger partial charge in [-0.05, 0) is 42.7 Å². The predicted octanol–water partition coefficient (Wildman–Crippen LogP) is 5.19. The normalized spacial score (nSPS) is 10.8. The number of hydrogen-bond donors (Lipinski definition) is 0. The fourth-order valence-electron chi connectivity index (χ4n) is 2.07. The lowest BCUT2D eigenvalue weighted by molar-refractivity contribution is 0.306. The Hall–Kier alpha value is -1.71. The number of halogens is 1. The molecule has 21 heavy (non-hydrogen) atoms. The van der Waals surface area contributed by atoms with Gasteiger partial charge >= 0.3 is 0 Å². The van der Waals surface area contributed by atoms with E-state index in [9.17, 15) is 0 Å². The summed E-state index contributed by atoms with van der Waals surface area (Å²) in [5.41, 5.74) is 1.79. The van der Waals surface area contributed by atoms with Crippen LogP contribution in [0.2, 0.25) is 5.15 Å². The summed E-state index contributed by atoms with van der Waals surface area (Å²) in [7, 11) is 0. The smallest absolute Gasteiger partial charge is 0.136 e. The third-order valence-corrected chi connectivity index (χ3v) is 4.27. The first-order chi connectivity index (χ1) is 10.3. The average molecular weight is 316 g/mol. The molecule has 0 unspecified atom stereocenters. The van der Waals surface area contributed by atoms with E-state index in [1.54, 1.807) is 11.8 Å². The van der Waals surface area contributed by atoms with Gasteiger partial charge in [0.05, 0.1) is 5.52 Å². The van der Waals surface area contributed by atoms with Crippen molar-refractivity contribution in [2.75, 3.05) is 6.26 Å². The van der Waals surface area contributed by atoms with Gasteiger partial charge in [0.2, 0.25) is 0 Å². The van der Waals surface area contributed by atoms with Gasteiger partial charge in [-0.15, -0.1) is 11.8 Å². The number of rotatable bonds is 4. The maximum atomic E-state index is 6.22. The zero-order valence-corrected chi connectivity index (χ0v) is 13.1. The van der Waals surface area contributed by atoms with Crippen molar-refractivity contribution in [3.63, 3.8) is 0 Å². The van der Waals surface area contributed by atoms with Crippen molar-refractivity contribution in [1.29, 1.82) is 0 Å². The lowest BCUT2D eigenvalue weighted by Crippen LogP contribution is -1.98. The quantitative estimate of drug-likeness (QED) is 0.488. The third kappa shape index (κ3) is 3.31. The highest BCUT2D eigenvalue weighted by Gasteiger charge is 2.06. The van der Waals surface area contributed by atoms with E-state index in [0.717, 1.165) is 22.2 Å². The molecule has 0 radical (unpaired) electrons. The Morgan fingerprint density at radius 2 is 1.86 bits per heavy atom. The molecule has 1 heterocycles. The van der Waals surface area contributed by atoms with Crippen LogP contribution in [0.25, 0.3) is 10.9 Å². The zero-order valence-electron chi connectivity index (χ0n) is 11.5. The number of para-hydroxylation sites is 1. The average Bonchev–Trinajstić information content (AvgIpc) is 2.53. The molecule has 3 aromatic rings. The topological polar surface area (TPSA) is 22.1 Å². The Morgan fingerprint density at radius 1 is 1.10 bits per heavy atom. The van der Waals surface area contributed by atoms with E-state index in [2.05, 4.69) is 11.2 Å². The number of benzene rings is 2. The maximum Gasteiger partial charge on any atom is 0.136 e. The molecule has 2 nitrogen and oxygen atoms in total. The molecule has 0 fully saturated rings. The van der Waals surface area contributed by atoms with Gasteiger partial charge in [0.25, 0.3) is 0 Å². The first-order valence-corrected chi connectivity index (χ1v) is 8.17. The Labute approximate surface area is 133 Å². The largest absolute Gasteiger partial charge is 0.489 e. The second-order valence-electron chi connectivity index (χ2n) is 4.60. The SMILES string of the molecule is CSc1ccc(OCc2cc3ccccc3nc2Cl)cc1. The molecule has 0 amide bonds. The molecule has 0 saturated carbocycles. The molecular formula is C17H14ClNOS. The Balaban J connectivity index is 1.79. The highest BCUT2D eigenvalue weighted by molar-refractivity contribution is 7.98. The molecule has 0 atom stereocenters. The molecule has 0 bridgehead atoms. The number of pyridine rings is 1. The molecule has 3 rings (SSSR count). The second-order valence-corrected chi connectivity index (χ2v) is 5.83. The van der Waals surface area contributed by atoms with E-state index in [0.29, 0.717) is 11.8 Å². The van der Waals surface area contributed by atoms with Crippen LogP contribution in [-0.4, -0.2) is 11.2 Å². The molecule has 0 aliphatic carbocycles. The Bertz CT molecular complexity index is 758. The zero-order chi connectivity index (χ0) is 14.7. The summed E-state index contributed by atoms with van der Waals surface area (Å²) < 4.78 is 5.79. The minimum Gasteiger partial charge on any atom is -0.489 e. The number of nitrogens with zero attached hydrogens (tertiary/aromatic N) is 1. The van der Waals surface area contributed by atoms with Gasteiger partial charge in [-0.1, -0.05) is 29.8 Å². The first-order valence-electron chi connectivity index (χ1n) is 6.57. The number of aromatic nitrogens is 1. The number of hydrogen-bond acceptors (Lipinski definition) is 3. The van der Waals surface area contributed by atoms with E-state index in [4.69, 9.17) is 16.3 Å². The molecule has 1 aromatic heterocycles. The molecule has 4 heteroatoms. The minimum absolute atomic E-state index is 0.412. The van der Waals surface area contributed by atoms with Crippen LogP contribution in [0.1, 0.15) is 5.56 Å². The predicted molar refractivity (Wildman–Crippen MR) is 89.3 cm³/mol. The van der Waals surface area contributed by atoms with Crippen molar-refractivity contribution < 1.29 is 4.74 Å². The lowest BCUT2D eigenvalue weighted by Gasteiger charge is -2.09. The van der Waals surface area contributed by atoms with E-state index in [1.807, 2.05) is 54.6 Å². The molecular weight excluding hydrogens is 302 g/mol. The van der Waals surface area contributed by atoms with Crippen LogP contribution in [0.4, 0.5) is 0 Å². The fraction of sp³-hybridized carbons (Fsp3) is 0.118. The Kier molecular flexibility index (Phi) is 4.32. The summed E-state index contributed by atoms with van der Waals surface area (Å²) in [6, 6.07) is 18.0. The molecule has 106 valence electrons. The van der Waals surface area contributed by atoms with Crippen molar-refractivity contribution in [3.8, 4) is 5.75 Å². The third-order valence-electron chi connectivity index (χ3n) is 3.20. The van der Waals surface area contributed by atoms with Crippen LogP contribution in [0, 0.1) is 0 Å². The summed E-state index contributed by atoms with van der Waals surface area (Å²) >= 11 is 7.93. The maximum absolute atomic E-state index is 6.22. The van der Waals surface area contributed by atoms with Gasteiger partial charge in [0, 0.05) is 15.8 Å². The fourth-order valence-corrected chi connectivity index (χ4v) is 2.68. The number of thioether (sulfide) groups is 1. The minimum atomic E-state index is 0.412. The van der Waals surface area contributed by atoms with Crippen molar-refractivity contribution in [1.82, 2.24) is 4.98 Å². The van der Waals surface area contributed by atoms with Gasteiger partial charge in [0.15, 0.2) is 0 Å². The van der Waals surface area contributed by atoms with Crippen LogP contribution in [0.15, 0.2) is 59.5 Å². The summed E-state index contributed by atoms with van der Waals surface area (Å²) in [6.07, 6.45) is 2.05.